The van der Waals surface area contributed by atoms with E-state index in [0.29, 0.717) is 0 Å². The van der Waals surface area contributed by atoms with E-state index in [1.807, 2.05) is 48.5 Å². The highest BCUT2D eigenvalue weighted by molar-refractivity contribution is 5.77. The van der Waals surface area contributed by atoms with Crippen LogP contribution in [0.15, 0.2) is 48.5 Å². The average molecular weight is 199 g/mol. The molecule has 0 amide bonds. The molecule has 0 aliphatic heterocycles. The van der Waals surface area contributed by atoms with Crippen LogP contribution in [-0.2, 0) is 0 Å². The Bertz CT molecular complexity index is 451. The van der Waals surface area contributed by atoms with Crippen molar-refractivity contribution in [3.63, 3.8) is 0 Å². The van der Waals surface area contributed by atoms with E-state index in [2.05, 4.69) is 0 Å². The van der Waals surface area contributed by atoms with Crippen molar-refractivity contribution in [3.05, 3.63) is 48.5 Å². The largest absolute Gasteiger partial charge is 0.497 e. The van der Waals surface area contributed by atoms with E-state index in [1.165, 1.54) is 0 Å². The van der Waals surface area contributed by atoms with E-state index in [4.69, 9.17) is 10.5 Å². The number of benzene rings is 2. The first-order valence-electron chi connectivity index (χ1n) is 4.80. The van der Waals surface area contributed by atoms with Gasteiger partial charge in [-0.2, -0.15) is 0 Å². The van der Waals surface area contributed by atoms with Gasteiger partial charge < -0.3 is 10.5 Å². The van der Waals surface area contributed by atoms with Crippen molar-refractivity contribution in [2.24, 2.45) is 0 Å². The van der Waals surface area contributed by atoms with Gasteiger partial charge in [-0.1, -0.05) is 30.3 Å². The van der Waals surface area contributed by atoms with Gasteiger partial charge in [0.25, 0.3) is 0 Å². The Kier molecular flexibility index (Phi) is 2.59. The number of methoxy groups -OCH3 is 1. The molecule has 2 aromatic rings. The summed E-state index contributed by atoms with van der Waals surface area (Å²) in [6.45, 7) is 0. The maximum absolute atomic E-state index is 5.92. The third-order valence-electron chi connectivity index (χ3n) is 2.35. The van der Waals surface area contributed by atoms with Crippen LogP contribution in [0.5, 0.6) is 5.75 Å². The number of nitrogen functional groups attached to an aromatic ring is 1. The molecule has 0 bridgehead atoms. The van der Waals surface area contributed by atoms with E-state index < -0.39 is 0 Å². The molecule has 2 aromatic carbocycles. The van der Waals surface area contributed by atoms with Gasteiger partial charge in [-0.15, -0.1) is 0 Å². The summed E-state index contributed by atoms with van der Waals surface area (Å²) in [5, 5.41) is 0. The number of hydrogen-bond acceptors (Lipinski definition) is 2. The van der Waals surface area contributed by atoms with E-state index in [1.54, 1.807) is 7.11 Å². The lowest BCUT2D eigenvalue weighted by Gasteiger charge is -2.07. The van der Waals surface area contributed by atoms with Gasteiger partial charge in [0, 0.05) is 11.3 Å². The first-order chi connectivity index (χ1) is 7.31. The number of rotatable bonds is 2. The van der Waals surface area contributed by atoms with E-state index >= 15 is 0 Å². The van der Waals surface area contributed by atoms with Gasteiger partial charge >= 0.3 is 0 Å². The Morgan fingerprint density at radius 3 is 2.40 bits per heavy atom. The summed E-state index contributed by atoms with van der Waals surface area (Å²) in [5.41, 5.74) is 8.80. The molecule has 0 fully saturated rings. The predicted molar refractivity (Wildman–Crippen MR) is 62.8 cm³/mol. The molecule has 0 spiro atoms. The first kappa shape index (κ1) is 9.59. The third-order valence-corrected chi connectivity index (χ3v) is 2.35. The van der Waals surface area contributed by atoms with Crippen LogP contribution < -0.4 is 10.5 Å². The van der Waals surface area contributed by atoms with Crippen LogP contribution in [0, 0.1) is 0 Å². The summed E-state index contributed by atoms with van der Waals surface area (Å²) >= 11 is 0. The van der Waals surface area contributed by atoms with Gasteiger partial charge in [0.15, 0.2) is 0 Å². The van der Waals surface area contributed by atoms with Gasteiger partial charge in [-0.25, -0.2) is 0 Å². The summed E-state index contributed by atoms with van der Waals surface area (Å²) in [7, 11) is 1.65. The van der Waals surface area contributed by atoms with Crippen LogP contribution in [-0.4, -0.2) is 7.11 Å². The third kappa shape index (κ3) is 1.94. The quantitative estimate of drug-likeness (QED) is 0.755. The van der Waals surface area contributed by atoms with Crippen molar-refractivity contribution in [2.75, 3.05) is 12.8 Å². The lowest BCUT2D eigenvalue weighted by atomic mass is 10.0. The maximum Gasteiger partial charge on any atom is 0.119 e. The molecule has 2 heteroatoms. The van der Waals surface area contributed by atoms with Gasteiger partial charge in [0.1, 0.15) is 5.75 Å². The molecule has 2 N–H and O–H groups in total. The van der Waals surface area contributed by atoms with Crippen LogP contribution in [0.1, 0.15) is 0 Å². The number of hydrogen-bond donors (Lipinski definition) is 1. The molecule has 0 atom stereocenters. The van der Waals surface area contributed by atoms with Gasteiger partial charge in [-0.3, -0.25) is 0 Å². The topological polar surface area (TPSA) is 35.2 Å². The molecule has 0 aliphatic rings. The Hall–Kier alpha value is -1.96. The average Bonchev–Trinajstić information content (AvgIpc) is 2.31. The summed E-state index contributed by atoms with van der Waals surface area (Å²) in [4.78, 5) is 0. The SMILES string of the molecule is COc1ccc(N)c(-c2ccccc2)c1. The Morgan fingerprint density at radius 1 is 1.00 bits per heavy atom. The van der Waals surface area contributed by atoms with Crippen molar-refractivity contribution in [3.8, 4) is 16.9 Å². The molecule has 0 saturated heterocycles. The van der Waals surface area contributed by atoms with Crippen molar-refractivity contribution < 1.29 is 4.74 Å². The molecule has 15 heavy (non-hydrogen) atoms. The summed E-state index contributed by atoms with van der Waals surface area (Å²) in [5.74, 6) is 0.822. The van der Waals surface area contributed by atoms with Gasteiger partial charge in [-0.05, 0) is 23.8 Å². The van der Waals surface area contributed by atoms with Crippen LogP contribution in [0.25, 0.3) is 11.1 Å². The van der Waals surface area contributed by atoms with E-state index in [9.17, 15) is 0 Å². The van der Waals surface area contributed by atoms with E-state index in [0.717, 1.165) is 22.6 Å². The molecule has 2 nitrogen and oxygen atoms in total. The fraction of sp³-hybridized carbons (Fsp3) is 0.0769. The zero-order valence-corrected chi connectivity index (χ0v) is 8.60. The van der Waals surface area contributed by atoms with Crippen molar-refractivity contribution in [1.82, 2.24) is 0 Å². The van der Waals surface area contributed by atoms with E-state index in [-0.39, 0.29) is 0 Å². The summed E-state index contributed by atoms with van der Waals surface area (Å²) in [6.07, 6.45) is 0. The van der Waals surface area contributed by atoms with Crippen LogP contribution >= 0.6 is 0 Å². The Labute approximate surface area is 89.3 Å². The van der Waals surface area contributed by atoms with Crippen LogP contribution in [0.3, 0.4) is 0 Å². The second-order valence-corrected chi connectivity index (χ2v) is 3.32. The second kappa shape index (κ2) is 4.05. The normalized spacial score (nSPS) is 9.93. The predicted octanol–water partition coefficient (Wildman–Crippen LogP) is 2.94. The number of ether oxygens (including phenoxy) is 1. The molecule has 0 saturated carbocycles. The van der Waals surface area contributed by atoms with Crippen molar-refractivity contribution >= 4 is 5.69 Å². The molecule has 0 unspecified atom stereocenters. The molecule has 0 aliphatic carbocycles. The fourth-order valence-corrected chi connectivity index (χ4v) is 1.53. The van der Waals surface area contributed by atoms with Gasteiger partial charge in [0.05, 0.1) is 7.11 Å². The minimum absolute atomic E-state index is 0.766. The number of anilines is 1. The molecule has 0 radical (unpaired) electrons. The molecular formula is C13H13NO. The number of nitrogens with two attached hydrogens (primary N) is 1. The van der Waals surface area contributed by atoms with Crippen LogP contribution in [0.4, 0.5) is 5.69 Å². The zero-order chi connectivity index (χ0) is 10.7. The van der Waals surface area contributed by atoms with Crippen molar-refractivity contribution in [2.45, 2.75) is 0 Å². The highest BCUT2D eigenvalue weighted by Crippen LogP contribution is 2.29. The minimum Gasteiger partial charge on any atom is -0.497 e. The van der Waals surface area contributed by atoms with Crippen molar-refractivity contribution in [1.29, 1.82) is 0 Å². The standard InChI is InChI=1S/C13H13NO/c1-15-11-7-8-13(14)12(9-11)10-5-3-2-4-6-10/h2-9H,14H2,1H3. The maximum atomic E-state index is 5.92. The molecule has 0 heterocycles. The fourth-order valence-electron chi connectivity index (χ4n) is 1.53. The van der Waals surface area contributed by atoms with Gasteiger partial charge in [0.2, 0.25) is 0 Å². The molecular weight excluding hydrogens is 186 g/mol. The minimum atomic E-state index is 0.766. The molecule has 76 valence electrons. The monoisotopic (exact) mass is 199 g/mol. The highest BCUT2D eigenvalue weighted by atomic mass is 16.5. The lowest BCUT2D eigenvalue weighted by molar-refractivity contribution is 0.415. The molecule has 0 aromatic heterocycles. The first-order valence-corrected chi connectivity index (χ1v) is 4.80. The van der Waals surface area contributed by atoms with Crippen LogP contribution in [0.2, 0.25) is 0 Å². The Morgan fingerprint density at radius 2 is 1.73 bits per heavy atom. The second-order valence-electron chi connectivity index (χ2n) is 3.32. The summed E-state index contributed by atoms with van der Waals surface area (Å²) in [6, 6.07) is 15.7. The summed E-state index contributed by atoms with van der Waals surface area (Å²) < 4.78 is 5.18. The molecule has 2 rings (SSSR count). The smallest absolute Gasteiger partial charge is 0.119 e. The zero-order valence-electron chi connectivity index (χ0n) is 8.60. The highest BCUT2D eigenvalue weighted by Gasteiger charge is 2.03. The Balaban J connectivity index is 2.52. The lowest BCUT2D eigenvalue weighted by Crippen LogP contribution is -1.91.